The van der Waals surface area contributed by atoms with Crippen molar-refractivity contribution in [3.8, 4) is 0 Å². The number of nitrogens with one attached hydrogen (secondary N) is 1. The van der Waals surface area contributed by atoms with Gasteiger partial charge in [0.1, 0.15) is 0 Å². The molecule has 0 aliphatic carbocycles. The summed E-state index contributed by atoms with van der Waals surface area (Å²) >= 11 is 1.84. The number of nitrogens with zero attached hydrogens (tertiary/aromatic N) is 1. The van der Waals surface area contributed by atoms with Crippen molar-refractivity contribution in [2.24, 2.45) is 0 Å². The molecule has 2 rings (SSSR count). The largest absolute Gasteiger partial charge is 0.314 e. The molecule has 18 heavy (non-hydrogen) atoms. The molecule has 2 nitrogen and oxygen atoms in total. The molecule has 2 heterocycles. The molecule has 2 aromatic rings. The number of rotatable bonds is 7. The first-order chi connectivity index (χ1) is 8.88. The number of hydrogen-bond acceptors (Lipinski definition) is 3. The van der Waals surface area contributed by atoms with Gasteiger partial charge < -0.3 is 5.32 Å². The van der Waals surface area contributed by atoms with Crippen LogP contribution in [0, 0.1) is 0 Å². The predicted octanol–water partition coefficient (Wildman–Crippen LogP) is 3.30. The van der Waals surface area contributed by atoms with Gasteiger partial charge in [0.2, 0.25) is 0 Å². The van der Waals surface area contributed by atoms with Gasteiger partial charge in [0, 0.05) is 22.8 Å². The number of hydrogen-bond donors (Lipinski definition) is 1. The van der Waals surface area contributed by atoms with Gasteiger partial charge in [-0.25, -0.2) is 0 Å². The molecule has 0 aliphatic rings. The molecule has 0 fully saturated rings. The first-order valence-electron chi connectivity index (χ1n) is 6.54. The van der Waals surface area contributed by atoms with Crippen LogP contribution in [-0.2, 0) is 12.8 Å². The third-order valence-electron chi connectivity index (χ3n) is 3.00. The van der Waals surface area contributed by atoms with Crippen LogP contribution in [0.15, 0.2) is 41.9 Å². The fourth-order valence-corrected chi connectivity index (χ4v) is 2.89. The molecule has 0 aliphatic heterocycles. The molecule has 0 bridgehead atoms. The quantitative estimate of drug-likeness (QED) is 0.826. The minimum absolute atomic E-state index is 0.552. The minimum Gasteiger partial charge on any atom is -0.314 e. The molecular weight excluding hydrogens is 240 g/mol. The van der Waals surface area contributed by atoms with Gasteiger partial charge in [-0.1, -0.05) is 19.1 Å². The molecule has 0 saturated carbocycles. The summed E-state index contributed by atoms with van der Waals surface area (Å²) in [5.41, 5.74) is 1.19. The van der Waals surface area contributed by atoms with Crippen molar-refractivity contribution in [2.75, 3.05) is 6.54 Å². The first-order valence-corrected chi connectivity index (χ1v) is 7.42. The Bertz CT molecular complexity index is 425. The van der Waals surface area contributed by atoms with Crippen LogP contribution in [0.4, 0.5) is 0 Å². The molecule has 1 N–H and O–H groups in total. The van der Waals surface area contributed by atoms with Crippen LogP contribution >= 0.6 is 11.3 Å². The van der Waals surface area contributed by atoms with E-state index in [0.717, 1.165) is 25.8 Å². The Morgan fingerprint density at radius 3 is 2.89 bits per heavy atom. The van der Waals surface area contributed by atoms with Crippen LogP contribution in [-0.4, -0.2) is 17.6 Å². The molecule has 1 unspecified atom stereocenters. The van der Waals surface area contributed by atoms with E-state index in [2.05, 4.69) is 46.9 Å². The average molecular weight is 260 g/mol. The second kappa shape index (κ2) is 7.29. The number of thiophene rings is 1. The summed E-state index contributed by atoms with van der Waals surface area (Å²) in [5.74, 6) is 0. The summed E-state index contributed by atoms with van der Waals surface area (Å²) in [7, 11) is 0. The summed E-state index contributed by atoms with van der Waals surface area (Å²) in [5, 5.41) is 5.72. The van der Waals surface area contributed by atoms with E-state index in [1.807, 2.05) is 23.6 Å². The van der Waals surface area contributed by atoms with Gasteiger partial charge >= 0.3 is 0 Å². The second-order valence-electron chi connectivity index (χ2n) is 4.40. The third kappa shape index (κ3) is 4.24. The lowest BCUT2D eigenvalue weighted by Crippen LogP contribution is -2.31. The zero-order chi connectivity index (χ0) is 12.6. The van der Waals surface area contributed by atoms with Gasteiger partial charge in [-0.05, 0) is 49.4 Å². The highest BCUT2D eigenvalue weighted by molar-refractivity contribution is 7.09. The molecule has 2 aromatic heterocycles. The fourth-order valence-electron chi connectivity index (χ4n) is 2.10. The van der Waals surface area contributed by atoms with Crippen molar-refractivity contribution in [1.82, 2.24) is 10.3 Å². The standard InChI is InChI=1S/C15H20N2S/c1-2-16-14(12-15-7-5-11-18-15)9-8-13-6-3-4-10-17-13/h3-7,10-11,14,16H,2,8-9,12H2,1H3. The van der Waals surface area contributed by atoms with Gasteiger partial charge in [-0.2, -0.15) is 0 Å². The number of aromatic nitrogens is 1. The lowest BCUT2D eigenvalue weighted by Gasteiger charge is -2.16. The summed E-state index contributed by atoms with van der Waals surface area (Å²) in [6.45, 7) is 3.19. The number of aryl methyl sites for hydroxylation is 1. The van der Waals surface area contributed by atoms with Crippen LogP contribution in [0.1, 0.15) is 23.9 Å². The Labute approximate surface area is 113 Å². The lowest BCUT2D eigenvalue weighted by molar-refractivity contribution is 0.491. The van der Waals surface area contributed by atoms with Crippen LogP contribution < -0.4 is 5.32 Å². The van der Waals surface area contributed by atoms with E-state index in [-0.39, 0.29) is 0 Å². The smallest absolute Gasteiger partial charge is 0.0404 e. The van der Waals surface area contributed by atoms with Gasteiger partial charge in [0.25, 0.3) is 0 Å². The van der Waals surface area contributed by atoms with Crippen molar-refractivity contribution in [3.63, 3.8) is 0 Å². The van der Waals surface area contributed by atoms with E-state index in [1.54, 1.807) is 0 Å². The lowest BCUT2D eigenvalue weighted by atomic mass is 10.1. The maximum Gasteiger partial charge on any atom is 0.0404 e. The monoisotopic (exact) mass is 260 g/mol. The second-order valence-corrected chi connectivity index (χ2v) is 5.43. The van der Waals surface area contributed by atoms with Crippen molar-refractivity contribution in [3.05, 3.63) is 52.5 Å². The Morgan fingerprint density at radius 1 is 1.28 bits per heavy atom. The normalized spacial score (nSPS) is 12.5. The molecular formula is C15H20N2S. The van der Waals surface area contributed by atoms with E-state index in [9.17, 15) is 0 Å². The molecule has 0 amide bonds. The number of pyridine rings is 1. The van der Waals surface area contributed by atoms with Crippen LogP contribution in [0.5, 0.6) is 0 Å². The average Bonchev–Trinajstić information content (AvgIpc) is 2.90. The van der Waals surface area contributed by atoms with E-state index >= 15 is 0 Å². The highest BCUT2D eigenvalue weighted by Crippen LogP contribution is 2.14. The summed E-state index contributed by atoms with van der Waals surface area (Å²) < 4.78 is 0. The molecule has 0 spiro atoms. The van der Waals surface area contributed by atoms with Gasteiger partial charge in [0.15, 0.2) is 0 Å². The van der Waals surface area contributed by atoms with Gasteiger partial charge in [0.05, 0.1) is 0 Å². The Kier molecular flexibility index (Phi) is 5.36. The highest BCUT2D eigenvalue weighted by atomic mass is 32.1. The van der Waals surface area contributed by atoms with Crippen LogP contribution in [0.3, 0.4) is 0 Å². The molecule has 3 heteroatoms. The summed E-state index contributed by atoms with van der Waals surface area (Å²) in [4.78, 5) is 5.84. The van der Waals surface area contributed by atoms with E-state index < -0.39 is 0 Å². The SMILES string of the molecule is CCNC(CCc1ccccn1)Cc1cccs1. The molecule has 0 radical (unpaired) electrons. The minimum atomic E-state index is 0.552. The molecule has 1 atom stereocenters. The number of likely N-dealkylation sites (N-methyl/N-ethyl adjacent to an activating group) is 1. The Balaban J connectivity index is 1.86. The van der Waals surface area contributed by atoms with Gasteiger partial charge in [-0.3, -0.25) is 4.98 Å². The molecule has 0 aromatic carbocycles. The fraction of sp³-hybridized carbons (Fsp3) is 0.400. The van der Waals surface area contributed by atoms with Crippen LogP contribution in [0.25, 0.3) is 0 Å². The Hall–Kier alpha value is -1.19. The first kappa shape index (κ1) is 13.2. The molecule has 96 valence electrons. The maximum absolute atomic E-state index is 4.38. The maximum atomic E-state index is 4.38. The Morgan fingerprint density at radius 2 is 2.22 bits per heavy atom. The van der Waals surface area contributed by atoms with Gasteiger partial charge in [-0.15, -0.1) is 11.3 Å². The highest BCUT2D eigenvalue weighted by Gasteiger charge is 2.09. The van der Waals surface area contributed by atoms with Crippen molar-refractivity contribution < 1.29 is 0 Å². The van der Waals surface area contributed by atoms with E-state index in [4.69, 9.17) is 0 Å². The van der Waals surface area contributed by atoms with E-state index in [0.29, 0.717) is 6.04 Å². The zero-order valence-corrected chi connectivity index (χ0v) is 11.6. The predicted molar refractivity (Wildman–Crippen MR) is 78.0 cm³/mol. The zero-order valence-electron chi connectivity index (χ0n) is 10.8. The summed E-state index contributed by atoms with van der Waals surface area (Å²) in [6.07, 6.45) is 5.18. The summed E-state index contributed by atoms with van der Waals surface area (Å²) in [6, 6.07) is 11.0. The topological polar surface area (TPSA) is 24.9 Å². The van der Waals surface area contributed by atoms with E-state index in [1.165, 1.54) is 10.6 Å². The van der Waals surface area contributed by atoms with Crippen molar-refractivity contribution in [1.29, 1.82) is 0 Å². The molecule has 0 saturated heterocycles. The van der Waals surface area contributed by atoms with Crippen LogP contribution in [0.2, 0.25) is 0 Å². The third-order valence-corrected chi connectivity index (χ3v) is 3.89. The van der Waals surface area contributed by atoms with Crippen molar-refractivity contribution >= 4 is 11.3 Å². The van der Waals surface area contributed by atoms with Crippen molar-refractivity contribution in [2.45, 2.75) is 32.2 Å².